The Labute approximate surface area is 195 Å². The van der Waals surface area contributed by atoms with Crippen LogP contribution in [0.25, 0.3) is 0 Å². The fourth-order valence-corrected chi connectivity index (χ4v) is 6.89. The van der Waals surface area contributed by atoms with Gasteiger partial charge in [-0.05, 0) is 69.9 Å². The second-order valence-corrected chi connectivity index (χ2v) is 10.7. The highest BCUT2D eigenvalue weighted by atomic mass is 16.5. The standard InChI is InChI=1S/C27H36O6/c1-4-5-18(28)15-24(31)33-16-23(30)27(32)13-10-22-20-7-6-17-14-19(29)8-11-25(17,2)21(20)9-12-26(22,27)3/h8,11,14,18,22,28,32H,4-7,9-10,12-13,15-16H2,1-3H3/t18?,22-,25-,26-,27-/m0/s1. The van der Waals surface area contributed by atoms with Gasteiger partial charge in [0, 0.05) is 10.8 Å². The van der Waals surface area contributed by atoms with Crippen LogP contribution in [-0.2, 0) is 19.1 Å². The maximum absolute atomic E-state index is 13.2. The number of fused-ring (bicyclic) bond motifs is 4. The zero-order chi connectivity index (χ0) is 24.0. The summed E-state index contributed by atoms with van der Waals surface area (Å²) in [6.45, 7) is 5.65. The summed E-state index contributed by atoms with van der Waals surface area (Å²) < 4.78 is 5.16. The average molecular weight is 457 g/mol. The van der Waals surface area contributed by atoms with Gasteiger partial charge >= 0.3 is 5.97 Å². The third-order valence-electron chi connectivity index (χ3n) is 8.92. The molecule has 0 heterocycles. The van der Waals surface area contributed by atoms with Crippen LogP contribution >= 0.6 is 0 Å². The lowest BCUT2D eigenvalue weighted by molar-refractivity contribution is -0.163. The molecule has 0 bridgehead atoms. The van der Waals surface area contributed by atoms with E-state index in [1.807, 2.05) is 19.9 Å². The number of esters is 1. The van der Waals surface area contributed by atoms with E-state index in [4.69, 9.17) is 4.74 Å². The predicted octanol–water partition coefficient (Wildman–Crippen LogP) is 3.75. The zero-order valence-corrected chi connectivity index (χ0v) is 20.0. The number of Topliss-reactive ketones (excluding diaryl/α,β-unsaturated/α-hetero) is 1. The maximum Gasteiger partial charge on any atom is 0.308 e. The molecule has 33 heavy (non-hydrogen) atoms. The summed E-state index contributed by atoms with van der Waals surface area (Å²) in [4.78, 5) is 37.1. The molecule has 2 N–H and O–H groups in total. The third kappa shape index (κ3) is 3.85. The lowest BCUT2D eigenvalue weighted by atomic mass is 9.53. The Morgan fingerprint density at radius 2 is 1.97 bits per heavy atom. The van der Waals surface area contributed by atoms with Crippen LogP contribution in [0.5, 0.6) is 0 Å². The molecule has 180 valence electrons. The molecule has 4 aliphatic rings. The first-order valence-corrected chi connectivity index (χ1v) is 12.3. The molecule has 1 fully saturated rings. The van der Waals surface area contributed by atoms with E-state index in [0.29, 0.717) is 19.3 Å². The van der Waals surface area contributed by atoms with Gasteiger partial charge in [0.1, 0.15) is 5.60 Å². The first-order chi connectivity index (χ1) is 15.5. The first kappa shape index (κ1) is 24.1. The van der Waals surface area contributed by atoms with Gasteiger partial charge < -0.3 is 14.9 Å². The fraction of sp³-hybridized carbons (Fsp3) is 0.667. The van der Waals surface area contributed by atoms with E-state index >= 15 is 0 Å². The van der Waals surface area contributed by atoms with Crippen molar-refractivity contribution in [3.63, 3.8) is 0 Å². The molecule has 1 unspecified atom stereocenters. The van der Waals surface area contributed by atoms with Crippen molar-refractivity contribution in [2.75, 3.05) is 6.61 Å². The Morgan fingerprint density at radius 1 is 1.21 bits per heavy atom. The number of carbonyl (C=O) groups is 3. The number of ether oxygens (including phenoxy) is 1. The summed E-state index contributed by atoms with van der Waals surface area (Å²) in [5.74, 6) is -0.911. The van der Waals surface area contributed by atoms with Gasteiger partial charge in [-0.15, -0.1) is 0 Å². The summed E-state index contributed by atoms with van der Waals surface area (Å²) in [7, 11) is 0. The van der Waals surface area contributed by atoms with Crippen LogP contribution in [0.4, 0.5) is 0 Å². The second kappa shape index (κ2) is 8.62. The topological polar surface area (TPSA) is 101 Å². The van der Waals surface area contributed by atoms with Crippen LogP contribution in [0, 0.1) is 16.7 Å². The molecule has 5 atom stereocenters. The largest absolute Gasteiger partial charge is 0.457 e. The molecule has 4 rings (SSSR count). The molecular weight excluding hydrogens is 420 g/mol. The number of hydrogen-bond acceptors (Lipinski definition) is 6. The molecule has 0 spiro atoms. The van der Waals surface area contributed by atoms with Crippen LogP contribution in [0.3, 0.4) is 0 Å². The van der Waals surface area contributed by atoms with Crippen LogP contribution in [0.15, 0.2) is 34.9 Å². The molecule has 0 aliphatic heterocycles. The van der Waals surface area contributed by atoms with Crippen molar-refractivity contribution in [2.45, 2.75) is 90.3 Å². The summed E-state index contributed by atoms with van der Waals surface area (Å²) in [6.07, 6.45) is 10.0. The second-order valence-electron chi connectivity index (χ2n) is 10.7. The zero-order valence-electron chi connectivity index (χ0n) is 20.0. The third-order valence-corrected chi connectivity index (χ3v) is 8.92. The number of aliphatic hydroxyl groups excluding tert-OH is 1. The van der Waals surface area contributed by atoms with Crippen molar-refractivity contribution in [1.29, 1.82) is 0 Å². The van der Waals surface area contributed by atoms with Gasteiger partial charge in [0.15, 0.2) is 12.4 Å². The Morgan fingerprint density at radius 3 is 2.70 bits per heavy atom. The van der Waals surface area contributed by atoms with Crippen molar-refractivity contribution in [2.24, 2.45) is 16.7 Å². The van der Waals surface area contributed by atoms with Crippen molar-refractivity contribution >= 4 is 17.5 Å². The number of aliphatic hydroxyl groups is 2. The Bertz CT molecular complexity index is 958. The first-order valence-electron chi connectivity index (χ1n) is 12.3. The molecule has 1 saturated carbocycles. The fourth-order valence-electron chi connectivity index (χ4n) is 6.89. The molecule has 0 aromatic heterocycles. The molecule has 0 amide bonds. The van der Waals surface area contributed by atoms with Gasteiger partial charge in [0.25, 0.3) is 0 Å². The summed E-state index contributed by atoms with van der Waals surface area (Å²) in [5.41, 5.74) is 1.46. The van der Waals surface area contributed by atoms with Gasteiger partial charge in [-0.1, -0.05) is 43.1 Å². The summed E-state index contributed by atoms with van der Waals surface area (Å²) >= 11 is 0. The Hall–Kier alpha value is -2.05. The summed E-state index contributed by atoms with van der Waals surface area (Å²) in [6, 6.07) is 0. The molecule has 0 aromatic rings. The van der Waals surface area contributed by atoms with E-state index in [1.54, 1.807) is 12.2 Å². The normalized spacial score (nSPS) is 36.0. The number of carbonyl (C=O) groups excluding carboxylic acids is 3. The lowest BCUT2D eigenvalue weighted by Gasteiger charge is -2.51. The quantitative estimate of drug-likeness (QED) is 0.447. The SMILES string of the molecule is CCCC(O)CC(=O)OCC(=O)[C@@]1(O)CC[C@H]2C3=C(CC[C@@]21C)[C@@]1(C)C=CC(=O)C=C1CC3. The van der Waals surface area contributed by atoms with Crippen molar-refractivity contribution in [3.8, 4) is 0 Å². The molecule has 6 heteroatoms. The van der Waals surface area contributed by atoms with E-state index in [-0.39, 0.29) is 23.5 Å². The molecule has 0 saturated heterocycles. The van der Waals surface area contributed by atoms with E-state index in [9.17, 15) is 24.6 Å². The highest BCUT2D eigenvalue weighted by Gasteiger charge is 2.63. The van der Waals surface area contributed by atoms with Crippen molar-refractivity contribution < 1.29 is 29.3 Å². The predicted molar refractivity (Wildman–Crippen MR) is 123 cm³/mol. The molecule has 0 radical (unpaired) electrons. The Balaban J connectivity index is 1.51. The minimum Gasteiger partial charge on any atom is -0.457 e. The minimum absolute atomic E-state index is 0.0461. The van der Waals surface area contributed by atoms with E-state index in [2.05, 4.69) is 6.92 Å². The number of rotatable bonds is 7. The summed E-state index contributed by atoms with van der Waals surface area (Å²) in [5, 5.41) is 21.4. The molecular formula is C27H36O6. The molecule has 0 aromatic carbocycles. The number of allylic oxidation sites excluding steroid dienone is 6. The number of hydrogen-bond donors (Lipinski definition) is 2. The van der Waals surface area contributed by atoms with E-state index in [1.165, 1.54) is 16.7 Å². The van der Waals surface area contributed by atoms with Crippen molar-refractivity contribution in [3.05, 3.63) is 34.9 Å². The average Bonchev–Trinajstić information content (AvgIpc) is 3.04. The number of ketones is 2. The van der Waals surface area contributed by atoms with Crippen LogP contribution in [-0.4, -0.2) is 46.1 Å². The van der Waals surface area contributed by atoms with Crippen molar-refractivity contribution in [1.82, 2.24) is 0 Å². The van der Waals surface area contributed by atoms with Gasteiger partial charge in [-0.2, -0.15) is 0 Å². The molecule has 6 nitrogen and oxygen atoms in total. The van der Waals surface area contributed by atoms with E-state index < -0.39 is 35.5 Å². The van der Waals surface area contributed by atoms with Gasteiger partial charge in [0.05, 0.1) is 12.5 Å². The highest BCUT2D eigenvalue weighted by Crippen LogP contribution is 2.64. The highest BCUT2D eigenvalue weighted by molar-refractivity contribution is 6.01. The Kier molecular flexibility index (Phi) is 6.29. The lowest BCUT2D eigenvalue weighted by Crippen LogP contribution is -2.54. The minimum atomic E-state index is -1.53. The monoisotopic (exact) mass is 456 g/mol. The van der Waals surface area contributed by atoms with Crippen LogP contribution < -0.4 is 0 Å². The maximum atomic E-state index is 13.2. The van der Waals surface area contributed by atoms with Gasteiger partial charge in [-0.25, -0.2) is 0 Å². The van der Waals surface area contributed by atoms with E-state index in [0.717, 1.165) is 32.1 Å². The van der Waals surface area contributed by atoms with Crippen LogP contribution in [0.1, 0.15) is 78.6 Å². The van der Waals surface area contributed by atoms with Gasteiger partial charge in [0.2, 0.25) is 5.78 Å². The molecule has 4 aliphatic carbocycles. The van der Waals surface area contributed by atoms with Crippen LogP contribution in [0.2, 0.25) is 0 Å². The van der Waals surface area contributed by atoms with Gasteiger partial charge in [-0.3, -0.25) is 14.4 Å². The smallest absolute Gasteiger partial charge is 0.308 e.